The second-order valence-electron chi connectivity index (χ2n) is 8.23. The van der Waals surface area contributed by atoms with Crippen molar-refractivity contribution in [1.29, 1.82) is 0 Å². The van der Waals surface area contributed by atoms with Crippen molar-refractivity contribution >= 4 is 5.97 Å². The van der Waals surface area contributed by atoms with Crippen LogP contribution in [-0.4, -0.2) is 12.6 Å². The summed E-state index contributed by atoms with van der Waals surface area (Å²) in [7, 11) is 0. The molecule has 3 heteroatoms. The Kier molecular flexibility index (Phi) is 9.15. The summed E-state index contributed by atoms with van der Waals surface area (Å²) in [5.74, 6) is 7.80. The maximum absolute atomic E-state index is 12.6. The molecule has 0 amide bonds. The number of esters is 1. The Balaban J connectivity index is 1.53. The summed E-state index contributed by atoms with van der Waals surface area (Å²) >= 11 is 0. The normalized spacial score (nSPS) is 10.4. The van der Waals surface area contributed by atoms with Crippen LogP contribution in [0.15, 0.2) is 72.8 Å². The highest BCUT2D eigenvalue weighted by Crippen LogP contribution is 2.19. The molecule has 0 atom stereocenters. The van der Waals surface area contributed by atoms with Gasteiger partial charge in [-0.25, -0.2) is 4.79 Å². The van der Waals surface area contributed by atoms with Crippen LogP contribution < -0.4 is 9.47 Å². The monoisotopic (exact) mass is 440 g/mol. The van der Waals surface area contributed by atoms with Crippen molar-refractivity contribution < 1.29 is 14.3 Å². The highest BCUT2D eigenvalue weighted by atomic mass is 16.5. The smallest absolute Gasteiger partial charge is 0.343 e. The minimum absolute atomic E-state index is 0.407. The Morgan fingerprint density at radius 1 is 0.848 bits per heavy atom. The SMILES string of the molecule is CCC(CC)CCCOc1cccc(C(=O)Oc2ccc(C#Cc3ccc(C)cc3)cc2)c1. The average molecular weight is 441 g/mol. The first-order valence-corrected chi connectivity index (χ1v) is 11.7. The van der Waals surface area contributed by atoms with E-state index < -0.39 is 5.97 Å². The molecule has 3 nitrogen and oxygen atoms in total. The van der Waals surface area contributed by atoms with E-state index >= 15 is 0 Å². The van der Waals surface area contributed by atoms with E-state index in [0.717, 1.165) is 23.5 Å². The van der Waals surface area contributed by atoms with Gasteiger partial charge in [-0.2, -0.15) is 0 Å². The molecule has 0 spiro atoms. The van der Waals surface area contributed by atoms with Crippen molar-refractivity contribution in [2.45, 2.75) is 46.5 Å². The van der Waals surface area contributed by atoms with Gasteiger partial charge in [-0.05, 0) is 80.3 Å². The third kappa shape index (κ3) is 7.84. The molecular formula is C30H32O3. The molecule has 0 aliphatic rings. The van der Waals surface area contributed by atoms with Crippen LogP contribution in [0.25, 0.3) is 0 Å². The van der Waals surface area contributed by atoms with E-state index in [2.05, 4.69) is 32.6 Å². The molecule has 33 heavy (non-hydrogen) atoms. The van der Waals surface area contributed by atoms with Gasteiger partial charge in [0.1, 0.15) is 11.5 Å². The second-order valence-corrected chi connectivity index (χ2v) is 8.23. The van der Waals surface area contributed by atoms with E-state index in [9.17, 15) is 4.79 Å². The fraction of sp³-hybridized carbons (Fsp3) is 0.300. The molecule has 0 bridgehead atoms. The summed E-state index contributed by atoms with van der Waals surface area (Å²) in [5, 5.41) is 0. The predicted octanol–water partition coefficient (Wildman–Crippen LogP) is 7.21. The first kappa shape index (κ1) is 24.1. The Morgan fingerprint density at radius 2 is 1.48 bits per heavy atom. The fourth-order valence-electron chi connectivity index (χ4n) is 3.53. The molecule has 0 aliphatic carbocycles. The zero-order valence-corrected chi connectivity index (χ0v) is 19.8. The molecule has 0 heterocycles. The Bertz CT molecular complexity index is 1080. The van der Waals surface area contributed by atoms with Crippen molar-refractivity contribution in [2.24, 2.45) is 5.92 Å². The number of hydrogen-bond acceptors (Lipinski definition) is 3. The van der Waals surface area contributed by atoms with Crippen molar-refractivity contribution in [3.05, 3.63) is 95.1 Å². The highest BCUT2D eigenvalue weighted by molar-refractivity contribution is 5.91. The first-order chi connectivity index (χ1) is 16.1. The van der Waals surface area contributed by atoms with Gasteiger partial charge in [-0.3, -0.25) is 0 Å². The lowest BCUT2D eigenvalue weighted by atomic mass is 9.98. The van der Waals surface area contributed by atoms with Crippen LogP contribution in [0, 0.1) is 24.7 Å². The zero-order chi connectivity index (χ0) is 23.5. The largest absolute Gasteiger partial charge is 0.494 e. The van der Waals surface area contributed by atoms with E-state index in [1.165, 1.54) is 24.8 Å². The quantitative estimate of drug-likeness (QED) is 0.153. The molecule has 0 saturated heterocycles. The van der Waals surface area contributed by atoms with Gasteiger partial charge in [-0.1, -0.05) is 62.3 Å². The molecule has 3 aromatic carbocycles. The summed E-state index contributed by atoms with van der Waals surface area (Å²) < 4.78 is 11.4. The standard InChI is InChI=1S/C30H32O3/c1-4-24(5-2)8-7-21-32-29-10-6-9-27(22-29)30(31)33-28-19-17-26(18-20-28)16-15-25-13-11-23(3)12-14-25/h6,9-14,17-20,22,24H,4-5,7-8,21H2,1-3H3. The predicted molar refractivity (Wildman–Crippen MR) is 134 cm³/mol. The lowest BCUT2D eigenvalue weighted by molar-refractivity contribution is 0.0734. The first-order valence-electron chi connectivity index (χ1n) is 11.7. The summed E-state index contributed by atoms with van der Waals surface area (Å²) in [6.07, 6.45) is 4.59. The highest BCUT2D eigenvalue weighted by Gasteiger charge is 2.10. The third-order valence-electron chi connectivity index (χ3n) is 5.72. The summed E-state index contributed by atoms with van der Waals surface area (Å²) in [5.41, 5.74) is 3.50. The van der Waals surface area contributed by atoms with E-state index in [4.69, 9.17) is 9.47 Å². The second kappa shape index (κ2) is 12.5. The number of hydrogen-bond donors (Lipinski definition) is 0. The van der Waals surface area contributed by atoms with Crippen molar-refractivity contribution in [2.75, 3.05) is 6.61 Å². The van der Waals surface area contributed by atoms with Gasteiger partial charge in [0.25, 0.3) is 0 Å². The molecule has 170 valence electrons. The van der Waals surface area contributed by atoms with E-state index in [0.29, 0.717) is 23.7 Å². The van der Waals surface area contributed by atoms with Crippen molar-refractivity contribution in [1.82, 2.24) is 0 Å². The molecule has 3 aromatic rings. The molecule has 0 aliphatic heterocycles. The van der Waals surface area contributed by atoms with Gasteiger partial charge < -0.3 is 9.47 Å². The van der Waals surface area contributed by atoms with Crippen LogP contribution in [0.4, 0.5) is 0 Å². The fourth-order valence-corrected chi connectivity index (χ4v) is 3.53. The van der Waals surface area contributed by atoms with Crippen molar-refractivity contribution in [3.63, 3.8) is 0 Å². The van der Waals surface area contributed by atoms with Crippen LogP contribution in [-0.2, 0) is 0 Å². The van der Waals surface area contributed by atoms with Crippen LogP contribution in [0.1, 0.15) is 66.6 Å². The summed E-state index contributed by atoms with van der Waals surface area (Å²) in [6.45, 7) is 7.17. The number of aryl methyl sites for hydroxylation is 1. The molecule has 0 aromatic heterocycles. The van der Waals surface area contributed by atoms with Crippen LogP contribution in [0.2, 0.25) is 0 Å². The Labute approximate surface area is 197 Å². The van der Waals surface area contributed by atoms with Crippen molar-refractivity contribution in [3.8, 4) is 23.3 Å². The Hall–Kier alpha value is -3.51. The van der Waals surface area contributed by atoms with Crippen LogP contribution >= 0.6 is 0 Å². The van der Waals surface area contributed by atoms with Gasteiger partial charge in [-0.15, -0.1) is 0 Å². The molecule has 0 radical (unpaired) electrons. The Morgan fingerprint density at radius 3 is 2.12 bits per heavy atom. The molecule has 0 fully saturated rings. The minimum Gasteiger partial charge on any atom is -0.494 e. The van der Waals surface area contributed by atoms with Gasteiger partial charge in [0.15, 0.2) is 0 Å². The number of carbonyl (C=O) groups excluding carboxylic acids is 1. The van der Waals surface area contributed by atoms with Gasteiger partial charge >= 0.3 is 5.97 Å². The maximum atomic E-state index is 12.6. The number of carbonyl (C=O) groups is 1. The van der Waals surface area contributed by atoms with Crippen LogP contribution in [0.3, 0.4) is 0 Å². The topological polar surface area (TPSA) is 35.5 Å². The lowest BCUT2D eigenvalue weighted by Crippen LogP contribution is -2.09. The molecular weight excluding hydrogens is 408 g/mol. The van der Waals surface area contributed by atoms with Crippen LogP contribution in [0.5, 0.6) is 11.5 Å². The number of rotatable bonds is 9. The van der Waals surface area contributed by atoms with Gasteiger partial charge in [0, 0.05) is 11.1 Å². The molecule has 0 unspecified atom stereocenters. The summed E-state index contributed by atoms with van der Waals surface area (Å²) in [4.78, 5) is 12.6. The van der Waals surface area contributed by atoms with Gasteiger partial charge in [0.05, 0.1) is 12.2 Å². The van der Waals surface area contributed by atoms with E-state index in [1.54, 1.807) is 24.3 Å². The minimum atomic E-state index is -0.407. The lowest BCUT2D eigenvalue weighted by Gasteiger charge is -2.12. The van der Waals surface area contributed by atoms with E-state index in [1.807, 2.05) is 48.5 Å². The number of ether oxygens (including phenoxy) is 2. The third-order valence-corrected chi connectivity index (χ3v) is 5.72. The van der Waals surface area contributed by atoms with E-state index in [-0.39, 0.29) is 0 Å². The summed E-state index contributed by atoms with van der Waals surface area (Å²) in [6, 6.07) is 22.5. The average Bonchev–Trinajstić information content (AvgIpc) is 2.85. The maximum Gasteiger partial charge on any atom is 0.343 e. The number of benzene rings is 3. The van der Waals surface area contributed by atoms with Gasteiger partial charge in [0.2, 0.25) is 0 Å². The zero-order valence-electron chi connectivity index (χ0n) is 19.8. The molecule has 3 rings (SSSR count). The molecule has 0 saturated carbocycles. The molecule has 0 N–H and O–H groups in total.